The van der Waals surface area contributed by atoms with E-state index in [1.54, 1.807) is 41.2 Å². The molecule has 8 nitrogen and oxygen atoms in total. The summed E-state index contributed by atoms with van der Waals surface area (Å²) in [6.07, 6.45) is 4.03. The van der Waals surface area contributed by atoms with E-state index < -0.39 is 0 Å². The third-order valence-corrected chi connectivity index (χ3v) is 4.48. The Morgan fingerprint density at radius 3 is 2.86 bits per heavy atom. The van der Waals surface area contributed by atoms with Gasteiger partial charge in [-0.3, -0.25) is 9.78 Å². The average Bonchev–Trinajstić information content (AvgIpc) is 3.15. The van der Waals surface area contributed by atoms with Crippen molar-refractivity contribution in [2.45, 2.75) is 13.0 Å². The lowest BCUT2D eigenvalue weighted by Crippen LogP contribution is -2.26. The van der Waals surface area contributed by atoms with E-state index in [0.717, 1.165) is 5.56 Å². The van der Waals surface area contributed by atoms with E-state index in [1.807, 2.05) is 24.3 Å². The number of nitrogens with one attached hydrogen (secondary N) is 2. The molecule has 0 unspecified atom stereocenters. The van der Waals surface area contributed by atoms with Gasteiger partial charge in [0, 0.05) is 42.5 Å². The van der Waals surface area contributed by atoms with Crippen LogP contribution in [0.1, 0.15) is 21.7 Å². The van der Waals surface area contributed by atoms with Gasteiger partial charge in [-0.1, -0.05) is 23.7 Å². The average molecular weight is 408 g/mol. The smallest absolute Gasteiger partial charge is 0.251 e. The molecule has 2 N–H and O–H groups in total. The number of carbonyl (C=O) groups is 1. The van der Waals surface area contributed by atoms with Crippen LogP contribution < -0.4 is 10.6 Å². The number of nitrogens with zero attached hydrogens (tertiary/aromatic N) is 5. The first-order valence-corrected chi connectivity index (χ1v) is 9.45. The largest absolute Gasteiger partial charge is 0.364 e. The van der Waals surface area contributed by atoms with Crippen LogP contribution in [-0.4, -0.2) is 37.2 Å². The fourth-order valence-electron chi connectivity index (χ4n) is 2.80. The van der Waals surface area contributed by atoms with Crippen LogP contribution in [0, 0.1) is 0 Å². The van der Waals surface area contributed by atoms with Crippen molar-refractivity contribution in [3.05, 3.63) is 82.9 Å². The number of amides is 1. The van der Waals surface area contributed by atoms with Crippen LogP contribution in [0.15, 0.2) is 60.9 Å². The number of fused-ring (bicyclic) bond motifs is 1. The van der Waals surface area contributed by atoms with Crippen LogP contribution in [-0.2, 0) is 13.0 Å². The Kier molecular flexibility index (Phi) is 5.62. The van der Waals surface area contributed by atoms with Crippen molar-refractivity contribution in [1.29, 1.82) is 0 Å². The van der Waals surface area contributed by atoms with Gasteiger partial charge in [-0.15, -0.1) is 15.3 Å². The summed E-state index contributed by atoms with van der Waals surface area (Å²) in [6, 6.07) is 14.4. The fraction of sp³-hybridized carbons (Fsp3) is 0.150. The number of hydrogen-bond donors (Lipinski definition) is 2. The Balaban J connectivity index is 1.39. The summed E-state index contributed by atoms with van der Waals surface area (Å²) in [6.45, 7) is 1.01. The molecule has 4 aromatic rings. The van der Waals surface area contributed by atoms with Crippen LogP contribution in [0.3, 0.4) is 0 Å². The molecule has 146 valence electrons. The molecule has 1 aromatic carbocycles. The fourth-order valence-corrected chi connectivity index (χ4v) is 2.99. The van der Waals surface area contributed by atoms with Gasteiger partial charge in [0.25, 0.3) is 5.91 Å². The zero-order chi connectivity index (χ0) is 20.1. The van der Waals surface area contributed by atoms with Gasteiger partial charge >= 0.3 is 0 Å². The Morgan fingerprint density at radius 2 is 2.03 bits per heavy atom. The van der Waals surface area contributed by atoms with Gasteiger partial charge in [0.05, 0.1) is 0 Å². The highest BCUT2D eigenvalue weighted by Gasteiger charge is 2.10. The van der Waals surface area contributed by atoms with Gasteiger partial charge in [0.1, 0.15) is 5.82 Å². The maximum Gasteiger partial charge on any atom is 0.251 e. The van der Waals surface area contributed by atoms with Gasteiger partial charge < -0.3 is 10.6 Å². The van der Waals surface area contributed by atoms with Gasteiger partial charge in [0.15, 0.2) is 11.5 Å². The monoisotopic (exact) mass is 407 g/mol. The van der Waals surface area contributed by atoms with Crippen molar-refractivity contribution in [3.8, 4) is 0 Å². The predicted octanol–water partition coefficient (Wildman–Crippen LogP) is 2.76. The van der Waals surface area contributed by atoms with Crippen LogP contribution in [0.2, 0.25) is 5.02 Å². The zero-order valence-corrected chi connectivity index (χ0v) is 16.2. The van der Waals surface area contributed by atoms with E-state index in [1.165, 1.54) is 0 Å². The molecule has 0 bridgehead atoms. The topological polar surface area (TPSA) is 97.1 Å². The molecule has 0 aliphatic heterocycles. The second kappa shape index (κ2) is 8.66. The number of benzene rings is 1. The molecule has 3 aromatic heterocycles. The Labute approximate surface area is 172 Å². The Bertz CT molecular complexity index is 1130. The number of rotatable bonds is 7. The number of carbonyl (C=O) groups excluding carboxylic acids is 1. The first kappa shape index (κ1) is 18.8. The summed E-state index contributed by atoms with van der Waals surface area (Å²) in [5.74, 6) is 1.18. The molecule has 0 fully saturated rings. The minimum atomic E-state index is -0.187. The summed E-state index contributed by atoms with van der Waals surface area (Å²) < 4.78 is 1.68. The van der Waals surface area contributed by atoms with E-state index in [2.05, 4.69) is 30.9 Å². The van der Waals surface area contributed by atoms with Crippen molar-refractivity contribution in [2.24, 2.45) is 0 Å². The van der Waals surface area contributed by atoms with Crippen molar-refractivity contribution >= 4 is 29.0 Å². The van der Waals surface area contributed by atoms with Crippen LogP contribution >= 0.6 is 11.6 Å². The first-order chi connectivity index (χ1) is 14.2. The van der Waals surface area contributed by atoms with Crippen molar-refractivity contribution < 1.29 is 4.79 Å². The molecule has 3 heterocycles. The lowest BCUT2D eigenvalue weighted by atomic mass is 10.2. The maximum atomic E-state index is 12.2. The van der Waals surface area contributed by atoms with Crippen LogP contribution in [0.4, 0.5) is 5.82 Å². The molecular formula is C20H18ClN7O. The van der Waals surface area contributed by atoms with Crippen LogP contribution in [0.5, 0.6) is 0 Å². The zero-order valence-electron chi connectivity index (χ0n) is 15.4. The second-order valence-electron chi connectivity index (χ2n) is 6.34. The SMILES string of the molecule is O=C(NCCc1nnc2ccc(NCc3cccnc3)nn12)c1cccc(Cl)c1. The molecule has 0 saturated heterocycles. The van der Waals surface area contributed by atoms with E-state index in [9.17, 15) is 4.79 Å². The minimum absolute atomic E-state index is 0.187. The van der Waals surface area contributed by atoms with Gasteiger partial charge in [-0.2, -0.15) is 4.52 Å². The lowest BCUT2D eigenvalue weighted by Gasteiger charge is -2.07. The molecule has 1 amide bonds. The molecule has 0 atom stereocenters. The minimum Gasteiger partial charge on any atom is -0.364 e. The highest BCUT2D eigenvalue weighted by atomic mass is 35.5. The Hall–Kier alpha value is -3.52. The van der Waals surface area contributed by atoms with Crippen molar-refractivity contribution in [1.82, 2.24) is 30.1 Å². The first-order valence-electron chi connectivity index (χ1n) is 9.07. The van der Waals surface area contributed by atoms with Crippen molar-refractivity contribution in [2.75, 3.05) is 11.9 Å². The third kappa shape index (κ3) is 4.67. The molecule has 29 heavy (non-hydrogen) atoms. The van der Waals surface area contributed by atoms with E-state index in [-0.39, 0.29) is 5.91 Å². The van der Waals surface area contributed by atoms with E-state index in [0.29, 0.717) is 47.4 Å². The molecule has 0 saturated carbocycles. The summed E-state index contributed by atoms with van der Waals surface area (Å²) in [5.41, 5.74) is 2.22. The molecule has 0 aliphatic carbocycles. The second-order valence-corrected chi connectivity index (χ2v) is 6.77. The highest BCUT2D eigenvalue weighted by Crippen LogP contribution is 2.11. The summed E-state index contributed by atoms with van der Waals surface area (Å²) in [5, 5.41) is 19.5. The van der Waals surface area contributed by atoms with Gasteiger partial charge in [0.2, 0.25) is 0 Å². The van der Waals surface area contributed by atoms with E-state index >= 15 is 0 Å². The van der Waals surface area contributed by atoms with E-state index in [4.69, 9.17) is 11.6 Å². The number of anilines is 1. The summed E-state index contributed by atoms with van der Waals surface area (Å²) in [7, 11) is 0. The molecular weight excluding hydrogens is 390 g/mol. The lowest BCUT2D eigenvalue weighted by molar-refractivity contribution is 0.0954. The quantitative estimate of drug-likeness (QED) is 0.489. The number of pyridine rings is 1. The normalized spacial score (nSPS) is 10.8. The molecule has 4 rings (SSSR count). The molecule has 0 spiro atoms. The number of halogens is 1. The number of aromatic nitrogens is 5. The highest BCUT2D eigenvalue weighted by molar-refractivity contribution is 6.30. The third-order valence-electron chi connectivity index (χ3n) is 4.24. The molecule has 0 aliphatic rings. The summed E-state index contributed by atoms with van der Waals surface area (Å²) in [4.78, 5) is 16.3. The number of hydrogen-bond acceptors (Lipinski definition) is 6. The van der Waals surface area contributed by atoms with Gasteiger partial charge in [-0.05, 0) is 42.0 Å². The molecule has 9 heteroatoms. The molecule has 0 radical (unpaired) electrons. The summed E-state index contributed by atoms with van der Waals surface area (Å²) >= 11 is 5.93. The maximum absolute atomic E-state index is 12.2. The van der Waals surface area contributed by atoms with Gasteiger partial charge in [-0.25, -0.2) is 0 Å². The standard InChI is InChI=1S/C20H18ClN7O/c21-16-5-1-4-15(11-16)20(29)23-10-8-19-26-25-18-7-6-17(27-28(18)19)24-13-14-3-2-9-22-12-14/h1-7,9,11-12H,8,10,13H2,(H,23,29)(H,24,27). The Morgan fingerprint density at radius 1 is 1.10 bits per heavy atom. The predicted molar refractivity (Wildman–Crippen MR) is 110 cm³/mol. The van der Waals surface area contributed by atoms with Crippen LogP contribution in [0.25, 0.3) is 5.65 Å². The van der Waals surface area contributed by atoms with Crippen molar-refractivity contribution in [3.63, 3.8) is 0 Å².